The highest BCUT2D eigenvalue weighted by Crippen LogP contribution is 2.35. The van der Waals surface area contributed by atoms with Gasteiger partial charge in [0.25, 0.3) is 0 Å². The van der Waals surface area contributed by atoms with Crippen molar-refractivity contribution in [1.29, 1.82) is 0 Å². The third-order valence-electron chi connectivity index (χ3n) is 2.77. The summed E-state index contributed by atoms with van der Waals surface area (Å²) in [6.45, 7) is 0.493. The van der Waals surface area contributed by atoms with E-state index in [4.69, 9.17) is 5.11 Å². The number of rotatable bonds is 6. The van der Waals surface area contributed by atoms with E-state index in [1.54, 1.807) is 19.0 Å². The van der Waals surface area contributed by atoms with Gasteiger partial charge in [0.1, 0.15) is 6.04 Å². The summed E-state index contributed by atoms with van der Waals surface area (Å²) in [7, 11) is 3.35. The van der Waals surface area contributed by atoms with Crippen LogP contribution < -0.4 is 5.32 Å². The summed E-state index contributed by atoms with van der Waals surface area (Å²) >= 11 is 0. The molecule has 1 amide bonds. The number of carboxylic acid groups (broad SMARTS) is 1. The average molecular weight is 214 g/mol. The fraction of sp³-hybridized carbons (Fsp3) is 0.800. The molecule has 0 aliphatic heterocycles. The Balaban J connectivity index is 2.39. The SMILES string of the molecule is CNC(=O)CCN(C)C(C(=O)O)C1CC1. The molecule has 0 spiro atoms. The first-order chi connectivity index (χ1) is 7.06. The lowest BCUT2D eigenvalue weighted by molar-refractivity contribution is -0.144. The second kappa shape index (κ2) is 5.11. The van der Waals surface area contributed by atoms with Crippen molar-refractivity contribution in [2.45, 2.75) is 25.3 Å². The lowest BCUT2D eigenvalue weighted by Gasteiger charge is -2.23. The van der Waals surface area contributed by atoms with Gasteiger partial charge in [0.15, 0.2) is 0 Å². The number of amides is 1. The molecular formula is C10H18N2O3. The Kier molecular flexibility index (Phi) is 4.08. The fourth-order valence-electron chi connectivity index (χ4n) is 1.70. The maximum absolute atomic E-state index is 11.0. The molecule has 0 aromatic rings. The quantitative estimate of drug-likeness (QED) is 0.648. The first-order valence-corrected chi connectivity index (χ1v) is 5.20. The minimum atomic E-state index is -0.781. The van der Waals surface area contributed by atoms with Gasteiger partial charge in [0.05, 0.1) is 0 Å². The molecule has 1 saturated carbocycles. The molecule has 5 nitrogen and oxygen atoms in total. The van der Waals surface area contributed by atoms with E-state index < -0.39 is 12.0 Å². The van der Waals surface area contributed by atoms with Gasteiger partial charge in [-0.05, 0) is 25.8 Å². The number of nitrogens with one attached hydrogen (secondary N) is 1. The molecule has 0 saturated heterocycles. The van der Waals surface area contributed by atoms with Crippen molar-refractivity contribution in [3.05, 3.63) is 0 Å². The first kappa shape index (κ1) is 12.0. The summed E-state index contributed by atoms with van der Waals surface area (Å²) in [5, 5.41) is 11.6. The predicted molar refractivity (Wildman–Crippen MR) is 55.5 cm³/mol. The topological polar surface area (TPSA) is 69.6 Å². The predicted octanol–water partition coefficient (Wildman–Crippen LogP) is -0.0825. The Morgan fingerprint density at radius 3 is 2.53 bits per heavy atom. The van der Waals surface area contributed by atoms with Crippen LogP contribution in [0.3, 0.4) is 0 Å². The van der Waals surface area contributed by atoms with Crippen molar-refractivity contribution in [3.63, 3.8) is 0 Å². The van der Waals surface area contributed by atoms with E-state index in [2.05, 4.69) is 5.32 Å². The average Bonchev–Trinajstić information content (AvgIpc) is 2.98. The summed E-state index contributed by atoms with van der Waals surface area (Å²) in [5.41, 5.74) is 0. The zero-order chi connectivity index (χ0) is 11.4. The standard InChI is InChI=1S/C10H18N2O3/c1-11-8(13)5-6-12(2)9(10(14)15)7-3-4-7/h7,9H,3-6H2,1-2H3,(H,11,13)(H,14,15). The molecular weight excluding hydrogens is 196 g/mol. The molecule has 1 aliphatic carbocycles. The zero-order valence-corrected chi connectivity index (χ0v) is 9.19. The van der Waals surface area contributed by atoms with E-state index in [1.807, 2.05) is 0 Å². The summed E-state index contributed by atoms with van der Waals surface area (Å²) in [6, 6.07) is -0.422. The van der Waals surface area contributed by atoms with Gasteiger partial charge in [-0.3, -0.25) is 14.5 Å². The van der Waals surface area contributed by atoms with Gasteiger partial charge in [0.2, 0.25) is 5.91 Å². The van der Waals surface area contributed by atoms with Crippen molar-refractivity contribution in [2.24, 2.45) is 5.92 Å². The smallest absolute Gasteiger partial charge is 0.321 e. The van der Waals surface area contributed by atoms with E-state index in [0.29, 0.717) is 13.0 Å². The molecule has 1 fully saturated rings. The second-order valence-corrected chi connectivity index (χ2v) is 4.02. The molecule has 15 heavy (non-hydrogen) atoms. The molecule has 86 valence electrons. The summed E-state index contributed by atoms with van der Waals surface area (Å²) in [4.78, 5) is 23.8. The number of hydrogen-bond donors (Lipinski definition) is 2. The van der Waals surface area contributed by atoms with Crippen LogP contribution in [0.15, 0.2) is 0 Å². The number of nitrogens with zero attached hydrogens (tertiary/aromatic N) is 1. The Morgan fingerprint density at radius 1 is 1.53 bits per heavy atom. The highest BCUT2D eigenvalue weighted by molar-refractivity contribution is 5.76. The van der Waals surface area contributed by atoms with E-state index in [9.17, 15) is 9.59 Å². The number of carboxylic acids is 1. The Labute approximate surface area is 89.4 Å². The van der Waals surface area contributed by atoms with Crippen LogP contribution in [0.25, 0.3) is 0 Å². The van der Waals surface area contributed by atoms with Crippen molar-refractivity contribution in [2.75, 3.05) is 20.6 Å². The van der Waals surface area contributed by atoms with Crippen LogP contribution in [0.4, 0.5) is 0 Å². The van der Waals surface area contributed by atoms with E-state index in [-0.39, 0.29) is 11.8 Å². The molecule has 0 aromatic heterocycles. The molecule has 0 heterocycles. The van der Waals surface area contributed by atoms with E-state index in [1.165, 1.54) is 0 Å². The van der Waals surface area contributed by atoms with Gasteiger partial charge >= 0.3 is 5.97 Å². The van der Waals surface area contributed by atoms with Gasteiger partial charge < -0.3 is 10.4 Å². The number of aliphatic carboxylic acids is 1. The lowest BCUT2D eigenvalue weighted by Crippen LogP contribution is -2.41. The van der Waals surface area contributed by atoms with Crippen LogP contribution in [0.1, 0.15) is 19.3 Å². The second-order valence-electron chi connectivity index (χ2n) is 4.02. The first-order valence-electron chi connectivity index (χ1n) is 5.20. The zero-order valence-electron chi connectivity index (χ0n) is 9.19. The number of hydrogen-bond acceptors (Lipinski definition) is 3. The Hall–Kier alpha value is -1.10. The summed E-state index contributed by atoms with van der Waals surface area (Å²) in [5.74, 6) is -0.559. The van der Waals surface area contributed by atoms with Gasteiger partial charge in [-0.1, -0.05) is 0 Å². The van der Waals surface area contributed by atoms with Crippen LogP contribution in [-0.2, 0) is 9.59 Å². The highest BCUT2D eigenvalue weighted by atomic mass is 16.4. The molecule has 0 aromatic carbocycles. The van der Waals surface area contributed by atoms with Crippen LogP contribution in [0.2, 0.25) is 0 Å². The minimum absolute atomic E-state index is 0.0539. The maximum Gasteiger partial charge on any atom is 0.321 e. The minimum Gasteiger partial charge on any atom is -0.480 e. The Morgan fingerprint density at radius 2 is 2.13 bits per heavy atom. The van der Waals surface area contributed by atoms with Gasteiger partial charge in [-0.25, -0.2) is 0 Å². The normalized spacial score (nSPS) is 17.5. The maximum atomic E-state index is 11.0. The molecule has 1 aliphatic rings. The summed E-state index contributed by atoms with van der Waals surface area (Å²) < 4.78 is 0. The molecule has 1 atom stereocenters. The van der Waals surface area contributed by atoms with E-state index in [0.717, 1.165) is 12.8 Å². The number of likely N-dealkylation sites (N-methyl/N-ethyl adjacent to an activating group) is 1. The molecule has 2 N–H and O–H groups in total. The molecule has 1 rings (SSSR count). The largest absolute Gasteiger partial charge is 0.480 e. The summed E-state index contributed by atoms with van der Waals surface area (Å²) in [6.07, 6.45) is 2.33. The van der Waals surface area contributed by atoms with Crippen molar-refractivity contribution < 1.29 is 14.7 Å². The van der Waals surface area contributed by atoms with Crippen LogP contribution in [0.5, 0.6) is 0 Å². The molecule has 0 bridgehead atoms. The van der Waals surface area contributed by atoms with Gasteiger partial charge in [-0.15, -0.1) is 0 Å². The Bertz CT molecular complexity index is 251. The molecule has 0 radical (unpaired) electrons. The van der Waals surface area contributed by atoms with Gasteiger partial charge in [0, 0.05) is 20.0 Å². The van der Waals surface area contributed by atoms with Crippen molar-refractivity contribution in [1.82, 2.24) is 10.2 Å². The van der Waals surface area contributed by atoms with Crippen LogP contribution in [-0.4, -0.2) is 48.6 Å². The fourth-order valence-corrected chi connectivity index (χ4v) is 1.70. The highest BCUT2D eigenvalue weighted by Gasteiger charge is 2.38. The lowest BCUT2D eigenvalue weighted by atomic mass is 10.1. The van der Waals surface area contributed by atoms with Crippen LogP contribution in [0, 0.1) is 5.92 Å². The third-order valence-corrected chi connectivity index (χ3v) is 2.77. The third kappa shape index (κ3) is 3.51. The van der Waals surface area contributed by atoms with E-state index >= 15 is 0 Å². The number of carbonyl (C=O) groups excluding carboxylic acids is 1. The number of carbonyl (C=O) groups is 2. The monoisotopic (exact) mass is 214 g/mol. The molecule has 1 unspecified atom stereocenters. The molecule has 5 heteroatoms. The van der Waals surface area contributed by atoms with Crippen LogP contribution >= 0.6 is 0 Å². The van der Waals surface area contributed by atoms with Gasteiger partial charge in [-0.2, -0.15) is 0 Å². The van der Waals surface area contributed by atoms with Crippen molar-refractivity contribution >= 4 is 11.9 Å². The van der Waals surface area contributed by atoms with Crippen molar-refractivity contribution in [3.8, 4) is 0 Å².